The predicted octanol–water partition coefficient (Wildman–Crippen LogP) is 4.18. The Morgan fingerprint density at radius 2 is 1.77 bits per heavy atom. The molecule has 0 fully saturated rings. The number of benzene rings is 2. The molecule has 2 aromatic rings. The smallest absolute Gasteiger partial charge is 0.308 e. The highest BCUT2D eigenvalue weighted by molar-refractivity contribution is 9.10. The SMILES string of the molecule is COc1cc(C=CC(=O)NC2C=C(O)C(C)=CC2(O)c2ccccc2Br)cc(OC)c1OC(C)=O. The van der Waals surface area contributed by atoms with Gasteiger partial charge in [0.2, 0.25) is 11.7 Å². The van der Waals surface area contributed by atoms with Gasteiger partial charge in [-0.1, -0.05) is 34.1 Å². The van der Waals surface area contributed by atoms with Crippen LogP contribution in [-0.2, 0) is 15.2 Å². The number of hydrogen-bond donors (Lipinski definition) is 3. The minimum absolute atomic E-state index is 0.0356. The van der Waals surface area contributed by atoms with Crippen molar-refractivity contribution in [2.45, 2.75) is 25.5 Å². The van der Waals surface area contributed by atoms with Crippen LogP contribution in [-0.4, -0.2) is 42.4 Å². The summed E-state index contributed by atoms with van der Waals surface area (Å²) < 4.78 is 16.4. The Balaban J connectivity index is 1.88. The van der Waals surface area contributed by atoms with E-state index < -0.39 is 23.5 Å². The summed E-state index contributed by atoms with van der Waals surface area (Å²) in [5, 5.41) is 24.6. The molecule has 1 aliphatic rings. The summed E-state index contributed by atoms with van der Waals surface area (Å²) in [7, 11) is 2.84. The Hall–Kier alpha value is -3.56. The molecule has 9 heteroatoms. The second-order valence-electron chi connectivity index (χ2n) is 7.85. The molecule has 0 saturated heterocycles. The average molecular weight is 544 g/mol. The number of aliphatic hydroxyl groups is 2. The molecule has 2 atom stereocenters. The van der Waals surface area contributed by atoms with Gasteiger partial charge in [0.15, 0.2) is 11.5 Å². The van der Waals surface area contributed by atoms with Crippen LogP contribution in [0.5, 0.6) is 17.2 Å². The molecule has 3 N–H and O–H groups in total. The zero-order valence-electron chi connectivity index (χ0n) is 19.7. The predicted molar refractivity (Wildman–Crippen MR) is 134 cm³/mol. The lowest BCUT2D eigenvalue weighted by Gasteiger charge is -2.36. The Kier molecular flexibility index (Phi) is 8.03. The largest absolute Gasteiger partial charge is 0.508 e. The number of ether oxygens (including phenoxy) is 3. The van der Waals surface area contributed by atoms with Crippen molar-refractivity contribution in [2.75, 3.05) is 14.2 Å². The lowest BCUT2D eigenvalue weighted by atomic mass is 9.80. The van der Waals surface area contributed by atoms with Crippen molar-refractivity contribution in [3.05, 3.63) is 81.6 Å². The molecule has 0 heterocycles. The van der Waals surface area contributed by atoms with Crippen LogP contribution in [0.1, 0.15) is 25.0 Å². The minimum Gasteiger partial charge on any atom is -0.508 e. The maximum absolute atomic E-state index is 12.8. The van der Waals surface area contributed by atoms with Crippen molar-refractivity contribution in [1.82, 2.24) is 5.32 Å². The van der Waals surface area contributed by atoms with Crippen LogP contribution in [0.15, 0.2) is 70.4 Å². The number of esters is 1. The fraction of sp³-hybridized carbons (Fsp3) is 0.231. The topological polar surface area (TPSA) is 114 Å². The summed E-state index contributed by atoms with van der Waals surface area (Å²) in [6.45, 7) is 2.94. The fourth-order valence-corrected chi connectivity index (χ4v) is 4.31. The van der Waals surface area contributed by atoms with E-state index in [-0.39, 0.29) is 23.0 Å². The molecule has 184 valence electrons. The number of carbonyl (C=O) groups is 2. The van der Waals surface area contributed by atoms with E-state index in [4.69, 9.17) is 14.2 Å². The van der Waals surface area contributed by atoms with E-state index in [2.05, 4.69) is 21.2 Å². The van der Waals surface area contributed by atoms with Gasteiger partial charge < -0.3 is 29.7 Å². The third kappa shape index (κ3) is 5.75. The number of rotatable bonds is 7. The first-order valence-electron chi connectivity index (χ1n) is 10.6. The molecule has 0 aliphatic heterocycles. The molecule has 0 bridgehead atoms. The first-order chi connectivity index (χ1) is 16.6. The van der Waals surface area contributed by atoms with Gasteiger partial charge in [0, 0.05) is 23.0 Å². The third-order valence-electron chi connectivity index (χ3n) is 5.40. The minimum atomic E-state index is -1.60. The summed E-state index contributed by atoms with van der Waals surface area (Å²) >= 11 is 3.45. The van der Waals surface area contributed by atoms with Gasteiger partial charge in [-0.25, -0.2) is 0 Å². The molecule has 0 saturated carbocycles. The first kappa shape index (κ1) is 26.1. The van der Waals surface area contributed by atoms with Gasteiger partial charge in [-0.2, -0.15) is 0 Å². The number of halogens is 1. The number of hydrogen-bond acceptors (Lipinski definition) is 7. The molecule has 1 amide bonds. The van der Waals surface area contributed by atoms with Gasteiger partial charge in [-0.15, -0.1) is 0 Å². The van der Waals surface area contributed by atoms with Gasteiger partial charge >= 0.3 is 5.97 Å². The molecule has 1 aliphatic carbocycles. The number of allylic oxidation sites excluding steroid dienone is 1. The van der Waals surface area contributed by atoms with E-state index >= 15 is 0 Å². The van der Waals surface area contributed by atoms with E-state index in [0.717, 1.165) is 0 Å². The van der Waals surface area contributed by atoms with Crippen LogP contribution in [0.3, 0.4) is 0 Å². The Labute approximate surface area is 211 Å². The van der Waals surface area contributed by atoms with Crippen LogP contribution >= 0.6 is 15.9 Å². The number of amides is 1. The van der Waals surface area contributed by atoms with Gasteiger partial charge in [-0.05, 0) is 54.5 Å². The van der Waals surface area contributed by atoms with E-state index in [1.807, 2.05) is 6.07 Å². The van der Waals surface area contributed by atoms with E-state index in [1.54, 1.807) is 37.3 Å². The second kappa shape index (κ2) is 10.8. The molecule has 2 unspecified atom stereocenters. The second-order valence-corrected chi connectivity index (χ2v) is 8.71. The van der Waals surface area contributed by atoms with E-state index in [0.29, 0.717) is 21.2 Å². The van der Waals surface area contributed by atoms with Gasteiger partial charge in [0.05, 0.1) is 20.3 Å². The Bertz CT molecular complexity index is 1210. The molecular formula is C26H26BrNO7. The van der Waals surface area contributed by atoms with Gasteiger partial charge in [0.1, 0.15) is 11.4 Å². The standard InChI is InChI=1S/C26H26BrNO7/c1-15-14-26(32,18-7-5-6-8-19(18)27)23(13-20(15)30)28-24(31)10-9-17-11-21(33-3)25(35-16(2)29)22(12-17)34-4/h5-14,23,30,32H,1-4H3,(H,28,31). The zero-order valence-corrected chi connectivity index (χ0v) is 21.3. The molecule has 35 heavy (non-hydrogen) atoms. The van der Waals surface area contributed by atoms with Gasteiger partial charge in [0.25, 0.3) is 0 Å². The number of aliphatic hydroxyl groups excluding tert-OH is 1. The van der Waals surface area contributed by atoms with Crippen molar-refractivity contribution in [1.29, 1.82) is 0 Å². The summed E-state index contributed by atoms with van der Waals surface area (Å²) in [5.41, 5.74) is -0.0364. The van der Waals surface area contributed by atoms with E-state index in [1.165, 1.54) is 45.4 Å². The molecule has 3 rings (SSSR count). The van der Waals surface area contributed by atoms with Crippen molar-refractivity contribution in [2.24, 2.45) is 0 Å². The summed E-state index contributed by atoms with van der Waals surface area (Å²) in [6.07, 6.45) is 5.71. The summed E-state index contributed by atoms with van der Waals surface area (Å²) in [5.74, 6) is -0.444. The highest BCUT2D eigenvalue weighted by Gasteiger charge is 2.40. The van der Waals surface area contributed by atoms with Crippen LogP contribution in [0.25, 0.3) is 6.08 Å². The molecule has 8 nitrogen and oxygen atoms in total. The lowest BCUT2D eigenvalue weighted by Crippen LogP contribution is -2.50. The molecular weight excluding hydrogens is 518 g/mol. The normalized spacial score (nSPS) is 19.5. The van der Waals surface area contributed by atoms with Crippen LogP contribution < -0.4 is 19.5 Å². The van der Waals surface area contributed by atoms with Crippen LogP contribution in [0.4, 0.5) is 0 Å². The third-order valence-corrected chi connectivity index (χ3v) is 6.09. The molecule has 2 aromatic carbocycles. The number of nitrogens with one attached hydrogen (secondary N) is 1. The number of carbonyl (C=O) groups excluding carboxylic acids is 2. The zero-order chi connectivity index (χ0) is 25.8. The molecule has 0 aromatic heterocycles. The Morgan fingerprint density at radius 1 is 1.14 bits per heavy atom. The lowest BCUT2D eigenvalue weighted by molar-refractivity contribution is -0.132. The number of methoxy groups -OCH3 is 2. The van der Waals surface area contributed by atoms with Crippen molar-refractivity contribution < 1.29 is 34.0 Å². The van der Waals surface area contributed by atoms with Crippen molar-refractivity contribution in [3.8, 4) is 17.2 Å². The van der Waals surface area contributed by atoms with Crippen molar-refractivity contribution >= 4 is 33.9 Å². The summed E-state index contributed by atoms with van der Waals surface area (Å²) in [4.78, 5) is 24.2. The van der Waals surface area contributed by atoms with Crippen molar-refractivity contribution in [3.63, 3.8) is 0 Å². The van der Waals surface area contributed by atoms with Crippen LogP contribution in [0.2, 0.25) is 0 Å². The highest BCUT2D eigenvalue weighted by atomic mass is 79.9. The van der Waals surface area contributed by atoms with Gasteiger partial charge in [-0.3, -0.25) is 9.59 Å². The monoisotopic (exact) mass is 543 g/mol. The Morgan fingerprint density at radius 3 is 2.34 bits per heavy atom. The van der Waals surface area contributed by atoms with Crippen LogP contribution in [0, 0.1) is 0 Å². The fourth-order valence-electron chi connectivity index (χ4n) is 3.71. The van der Waals surface area contributed by atoms with E-state index in [9.17, 15) is 19.8 Å². The average Bonchev–Trinajstić information content (AvgIpc) is 2.81. The highest BCUT2D eigenvalue weighted by Crippen LogP contribution is 2.40. The molecule has 0 radical (unpaired) electrons. The summed E-state index contributed by atoms with van der Waals surface area (Å²) in [6, 6.07) is 9.34. The first-order valence-corrected chi connectivity index (χ1v) is 11.4. The maximum Gasteiger partial charge on any atom is 0.308 e. The quantitative estimate of drug-likeness (QED) is 0.272. The maximum atomic E-state index is 12.8. The molecule has 0 spiro atoms.